The van der Waals surface area contributed by atoms with Crippen LogP contribution >= 0.6 is 0 Å². The molecular weight excluding hydrogens is 226 g/mol. The third-order valence-electron chi connectivity index (χ3n) is 2.27. The summed E-state index contributed by atoms with van der Waals surface area (Å²) < 4.78 is 0. The van der Waals surface area contributed by atoms with E-state index in [1.165, 1.54) is 6.20 Å². The Morgan fingerprint density at radius 3 is 2.67 bits per heavy atom. The Bertz CT molecular complexity index is 575. The predicted octanol–water partition coefficient (Wildman–Crippen LogP) is 1.31. The number of pyridine rings is 1. The monoisotopic (exact) mass is 239 g/mol. The second-order valence-corrected chi connectivity index (χ2v) is 3.52. The van der Waals surface area contributed by atoms with E-state index < -0.39 is 0 Å². The maximum atomic E-state index is 5.88. The van der Waals surface area contributed by atoms with E-state index in [9.17, 15) is 0 Å². The molecule has 0 aliphatic carbocycles. The lowest BCUT2D eigenvalue weighted by Crippen LogP contribution is -2.00. The number of rotatable bonds is 3. The lowest BCUT2D eigenvalue weighted by atomic mass is 10.2. The third kappa shape index (κ3) is 2.70. The normalized spacial score (nSPS) is 11.9. The summed E-state index contributed by atoms with van der Waals surface area (Å²) in [7, 11) is 0. The first-order valence-electron chi connectivity index (χ1n) is 5.41. The molecule has 0 fully saturated rings. The highest BCUT2D eigenvalue weighted by molar-refractivity contribution is 5.64. The topological polar surface area (TPSA) is 90.7 Å². The maximum Gasteiger partial charge on any atom is 0.111 e. The number of nitrogens with zero attached hydrogens (tertiary/aromatic N) is 3. The van der Waals surface area contributed by atoms with Gasteiger partial charge in [0.15, 0.2) is 0 Å². The Labute approximate surface area is 105 Å². The van der Waals surface area contributed by atoms with E-state index in [2.05, 4.69) is 15.2 Å². The molecule has 0 unspecified atom stereocenters. The van der Waals surface area contributed by atoms with Crippen molar-refractivity contribution in [2.24, 2.45) is 11.5 Å². The van der Waals surface area contributed by atoms with Crippen LogP contribution in [0.5, 0.6) is 0 Å². The van der Waals surface area contributed by atoms with Gasteiger partial charge in [0.05, 0.1) is 17.1 Å². The molecule has 0 aromatic carbocycles. The molecule has 2 heterocycles. The van der Waals surface area contributed by atoms with Crippen molar-refractivity contribution in [2.75, 3.05) is 0 Å². The Morgan fingerprint density at radius 1 is 1.11 bits per heavy atom. The summed E-state index contributed by atoms with van der Waals surface area (Å²) in [6.07, 6.45) is 6.39. The minimum Gasteiger partial charge on any atom is -0.405 e. The average molecular weight is 239 g/mol. The molecule has 0 aliphatic rings. The van der Waals surface area contributed by atoms with E-state index in [1.54, 1.807) is 18.3 Å². The number of hydrogen-bond donors (Lipinski definition) is 2. The van der Waals surface area contributed by atoms with Gasteiger partial charge in [0.1, 0.15) is 5.69 Å². The smallest absolute Gasteiger partial charge is 0.111 e. The number of allylic oxidation sites excluding steroid dienone is 2. The van der Waals surface area contributed by atoms with Gasteiger partial charge < -0.3 is 11.5 Å². The Hall–Kier alpha value is -2.69. The summed E-state index contributed by atoms with van der Waals surface area (Å²) in [4.78, 5) is 4.43. The first kappa shape index (κ1) is 11.8. The molecule has 0 amide bonds. The fraction of sp³-hybridized carbons (Fsp3) is 0. The van der Waals surface area contributed by atoms with Crippen molar-refractivity contribution in [3.8, 4) is 11.4 Å². The van der Waals surface area contributed by atoms with Crippen LogP contribution in [0.3, 0.4) is 0 Å². The van der Waals surface area contributed by atoms with E-state index >= 15 is 0 Å². The summed E-state index contributed by atoms with van der Waals surface area (Å²) >= 11 is 0. The van der Waals surface area contributed by atoms with Crippen molar-refractivity contribution in [2.45, 2.75) is 0 Å². The summed E-state index contributed by atoms with van der Waals surface area (Å²) in [6.45, 7) is 0. The van der Waals surface area contributed by atoms with Crippen LogP contribution in [0.25, 0.3) is 17.1 Å². The van der Waals surface area contributed by atoms with Gasteiger partial charge in [-0.2, -0.15) is 5.10 Å². The molecule has 0 aliphatic heterocycles. The molecule has 2 rings (SSSR count). The Morgan fingerprint density at radius 2 is 1.94 bits per heavy atom. The summed E-state index contributed by atoms with van der Waals surface area (Å²) in [6, 6.07) is 9.22. The highest BCUT2D eigenvalue weighted by Crippen LogP contribution is 2.15. The van der Waals surface area contributed by atoms with Crippen LogP contribution in [0.2, 0.25) is 0 Å². The van der Waals surface area contributed by atoms with Crippen molar-refractivity contribution in [1.29, 1.82) is 0 Å². The number of aromatic nitrogens is 3. The zero-order valence-corrected chi connectivity index (χ0v) is 9.69. The van der Waals surface area contributed by atoms with Crippen LogP contribution in [0.4, 0.5) is 0 Å². The molecule has 4 N–H and O–H groups in total. The number of nitrogens with two attached hydrogens (primary N) is 2. The van der Waals surface area contributed by atoms with Crippen LogP contribution in [0.15, 0.2) is 54.9 Å². The molecule has 0 saturated heterocycles. The van der Waals surface area contributed by atoms with Crippen LogP contribution < -0.4 is 11.5 Å². The first-order chi connectivity index (χ1) is 8.81. The fourth-order valence-electron chi connectivity index (χ4n) is 1.42. The molecule has 2 aromatic rings. The van der Waals surface area contributed by atoms with E-state index in [0.717, 1.165) is 5.69 Å². The van der Waals surface area contributed by atoms with Crippen molar-refractivity contribution >= 4 is 5.70 Å². The van der Waals surface area contributed by atoms with Crippen LogP contribution in [-0.2, 0) is 0 Å². The van der Waals surface area contributed by atoms with Gasteiger partial charge in [-0.1, -0.05) is 6.07 Å². The quantitative estimate of drug-likeness (QED) is 0.788. The van der Waals surface area contributed by atoms with Gasteiger partial charge in [0.2, 0.25) is 0 Å². The highest BCUT2D eigenvalue weighted by Gasteiger charge is 2.03. The van der Waals surface area contributed by atoms with Crippen LogP contribution in [-0.4, -0.2) is 15.2 Å². The van der Waals surface area contributed by atoms with Crippen LogP contribution in [0, 0.1) is 0 Å². The molecular formula is C13H13N5. The standard InChI is InChI=1S/C13H13N5/c14-8-2-4-10(15)11-5-1-6-12(17-11)13-7-3-9-16-18-13/h1-9H,14-15H2/b8-2-,10-4-. The minimum atomic E-state index is 0.544. The van der Waals surface area contributed by atoms with E-state index in [4.69, 9.17) is 11.5 Å². The van der Waals surface area contributed by atoms with Crippen molar-refractivity contribution in [1.82, 2.24) is 15.2 Å². The zero-order valence-electron chi connectivity index (χ0n) is 9.69. The molecule has 18 heavy (non-hydrogen) atoms. The van der Waals surface area contributed by atoms with Crippen molar-refractivity contribution in [3.05, 3.63) is 60.6 Å². The largest absolute Gasteiger partial charge is 0.405 e. The van der Waals surface area contributed by atoms with Gasteiger partial charge in [-0.15, -0.1) is 5.10 Å². The molecule has 0 bridgehead atoms. The summed E-state index contributed by atoms with van der Waals surface area (Å²) in [5.41, 5.74) is 13.8. The van der Waals surface area contributed by atoms with E-state index in [1.807, 2.05) is 30.3 Å². The fourth-order valence-corrected chi connectivity index (χ4v) is 1.42. The maximum absolute atomic E-state index is 5.88. The molecule has 0 radical (unpaired) electrons. The van der Waals surface area contributed by atoms with Crippen molar-refractivity contribution < 1.29 is 0 Å². The zero-order chi connectivity index (χ0) is 12.8. The molecule has 0 saturated carbocycles. The van der Waals surface area contributed by atoms with E-state index in [0.29, 0.717) is 17.1 Å². The number of hydrogen-bond acceptors (Lipinski definition) is 5. The van der Waals surface area contributed by atoms with E-state index in [-0.39, 0.29) is 0 Å². The summed E-state index contributed by atoms with van der Waals surface area (Å²) in [5, 5.41) is 7.83. The molecule has 5 nitrogen and oxygen atoms in total. The first-order valence-corrected chi connectivity index (χ1v) is 5.41. The molecule has 0 atom stereocenters. The van der Waals surface area contributed by atoms with Gasteiger partial charge in [-0.05, 0) is 42.6 Å². The summed E-state index contributed by atoms with van der Waals surface area (Å²) in [5.74, 6) is 0. The predicted molar refractivity (Wildman–Crippen MR) is 70.8 cm³/mol. The second kappa shape index (κ2) is 5.58. The Balaban J connectivity index is 2.37. The molecule has 5 heteroatoms. The van der Waals surface area contributed by atoms with Gasteiger partial charge in [0, 0.05) is 6.20 Å². The second-order valence-electron chi connectivity index (χ2n) is 3.52. The minimum absolute atomic E-state index is 0.544. The third-order valence-corrected chi connectivity index (χ3v) is 2.27. The SMILES string of the molecule is N/C=C\C=C(/N)c1cccc(-c2cccnn2)n1. The van der Waals surface area contributed by atoms with Gasteiger partial charge in [-0.25, -0.2) is 4.98 Å². The van der Waals surface area contributed by atoms with Crippen LogP contribution in [0.1, 0.15) is 5.69 Å². The highest BCUT2D eigenvalue weighted by atomic mass is 15.1. The lowest BCUT2D eigenvalue weighted by molar-refractivity contribution is 1.03. The molecule has 2 aromatic heterocycles. The molecule has 90 valence electrons. The van der Waals surface area contributed by atoms with Gasteiger partial charge in [-0.3, -0.25) is 0 Å². The molecule has 0 spiro atoms. The van der Waals surface area contributed by atoms with Gasteiger partial charge >= 0.3 is 0 Å². The van der Waals surface area contributed by atoms with Crippen molar-refractivity contribution in [3.63, 3.8) is 0 Å². The Kier molecular flexibility index (Phi) is 3.66. The lowest BCUT2D eigenvalue weighted by Gasteiger charge is -2.03. The van der Waals surface area contributed by atoms with Gasteiger partial charge in [0.25, 0.3) is 0 Å². The average Bonchev–Trinajstić information content (AvgIpc) is 2.46.